The lowest BCUT2D eigenvalue weighted by Crippen LogP contribution is -2.50. The zero-order valence-corrected chi connectivity index (χ0v) is 17.0. The summed E-state index contributed by atoms with van der Waals surface area (Å²) in [5.41, 5.74) is 3.29. The highest BCUT2D eigenvalue weighted by Crippen LogP contribution is 2.25. The number of nitrogens with zero attached hydrogens (tertiary/aromatic N) is 4. The van der Waals surface area contributed by atoms with Gasteiger partial charge in [-0.25, -0.2) is 13.4 Å². The average Bonchev–Trinajstić information content (AvgIpc) is 3.07. The molecular weight excluding hydrogens is 372 g/mol. The quantitative estimate of drug-likeness (QED) is 0.641. The van der Waals surface area contributed by atoms with Crippen LogP contribution in [0, 0.1) is 0 Å². The molecular formula is C21H26N4O2S. The Bertz CT molecular complexity index is 1040. The van der Waals surface area contributed by atoms with Crippen molar-refractivity contribution in [3.05, 3.63) is 60.2 Å². The molecule has 6 nitrogen and oxygen atoms in total. The van der Waals surface area contributed by atoms with E-state index in [2.05, 4.69) is 27.7 Å². The van der Waals surface area contributed by atoms with Crippen molar-refractivity contribution in [2.45, 2.75) is 19.9 Å². The number of fused-ring (bicyclic) bond motifs is 1. The second kappa shape index (κ2) is 7.93. The van der Waals surface area contributed by atoms with Gasteiger partial charge in [-0.1, -0.05) is 49.4 Å². The van der Waals surface area contributed by atoms with Crippen molar-refractivity contribution in [3.8, 4) is 0 Å². The first kappa shape index (κ1) is 19.0. The number of piperazine rings is 1. The minimum atomic E-state index is -3.14. The fourth-order valence-corrected chi connectivity index (χ4v) is 5.27. The lowest BCUT2D eigenvalue weighted by molar-refractivity contribution is 0.381. The van der Waals surface area contributed by atoms with E-state index >= 15 is 0 Å². The molecule has 0 radical (unpaired) electrons. The molecule has 0 atom stereocenters. The van der Waals surface area contributed by atoms with E-state index in [1.807, 2.05) is 43.3 Å². The van der Waals surface area contributed by atoms with E-state index < -0.39 is 10.0 Å². The Hall–Kier alpha value is -2.38. The van der Waals surface area contributed by atoms with Gasteiger partial charge < -0.3 is 9.47 Å². The van der Waals surface area contributed by atoms with Crippen LogP contribution in [0.4, 0.5) is 5.95 Å². The largest absolute Gasteiger partial charge is 0.340 e. The van der Waals surface area contributed by atoms with E-state index in [-0.39, 0.29) is 5.75 Å². The van der Waals surface area contributed by atoms with Crippen molar-refractivity contribution in [2.24, 2.45) is 0 Å². The normalized spacial score (nSPS) is 16.0. The average molecular weight is 399 g/mol. The Morgan fingerprint density at radius 2 is 1.61 bits per heavy atom. The number of para-hydroxylation sites is 2. The number of anilines is 1. The Kier molecular flexibility index (Phi) is 5.37. The van der Waals surface area contributed by atoms with Crippen LogP contribution in [0.3, 0.4) is 0 Å². The van der Waals surface area contributed by atoms with Gasteiger partial charge in [0.1, 0.15) is 0 Å². The Balaban J connectivity index is 1.61. The third-order valence-electron chi connectivity index (χ3n) is 5.19. The number of imidazole rings is 1. The van der Waals surface area contributed by atoms with Crippen LogP contribution in [0.25, 0.3) is 11.0 Å². The van der Waals surface area contributed by atoms with Crippen LogP contribution in [-0.2, 0) is 16.6 Å². The number of hydrogen-bond donors (Lipinski definition) is 0. The van der Waals surface area contributed by atoms with Gasteiger partial charge in [0.15, 0.2) is 0 Å². The Labute approximate surface area is 166 Å². The number of aromatic nitrogens is 2. The fraction of sp³-hybridized carbons (Fsp3) is 0.381. The smallest absolute Gasteiger partial charge is 0.214 e. The third kappa shape index (κ3) is 3.77. The summed E-state index contributed by atoms with van der Waals surface area (Å²) in [7, 11) is -3.14. The maximum Gasteiger partial charge on any atom is 0.214 e. The van der Waals surface area contributed by atoms with Crippen molar-refractivity contribution < 1.29 is 8.42 Å². The van der Waals surface area contributed by atoms with Crippen LogP contribution in [-0.4, -0.2) is 54.2 Å². The summed E-state index contributed by atoms with van der Waals surface area (Å²) >= 11 is 0. The van der Waals surface area contributed by atoms with Crippen molar-refractivity contribution in [2.75, 3.05) is 36.8 Å². The van der Waals surface area contributed by atoms with Crippen molar-refractivity contribution in [1.82, 2.24) is 13.9 Å². The molecule has 0 N–H and O–H groups in total. The number of rotatable bonds is 6. The molecule has 0 aliphatic carbocycles. The van der Waals surface area contributed by atoms with Gasteiger partial charge in [0.2, 0.25) is 16.0 Å². The zero-order valence-electron chi connectivity index (χ0n) is 16.2. The zero-order chi connectivity index (χ0) is 19.6. The van der Waals surface area contributed by atoms with Crippen LogP contribution >= 0.6 is 0 Å². The summed E-state index contributed by atoms with van der Waals surface area (Å²) in [6, 6.07) is 18.5. The SMILES string of the molecule is CCCS(=O)(=O)N1CCN(c2nc3ccccc3n2Cc2ccccc2)CC1. The molecule has 0 saturated carbocycles. The maximum absolute atomic E-state index is 12.4. The summed E-state index contributed by atoms with van der Waals surface area (Å²) in [5.74, 6) is 1.14. The van der Waals surface area contributed by atoms with Gasteiger partial charge >= 0.3 is 0 Å². The van der Waals surface area contributed by atoms with Crippen LogP contribution in [0.5, 0.6) is 0 Å². The highest BCUT2D eigenvalue weighted by Gasteiger charge is 2.28. The monoisotopic (exact) mass is 398 g/mol. The highest BCUT2D eigenvalue weighted by molar-refractivity contribution is 7.89. The van der Waals surface area contributed by atoms with E-state index in [1.165, 1.54) is 5.56 Å². The standard InChI is InChI=1S/C21H26N4O2S/c1-2-16-28(26,27)24-14-12-23(13-15-24)21-22-19-10-6-7-11-20(19)25(21)17-18-8-4-3-5-9-18/h3-11H,2,12-17H2,1H3. The first-order valence-corrected chi connectivity index (χ1v) is 11.4. The number of sulfonamides is 1. The van der Waals surface area contributed by atoms with Crippen LogP contribution in [0.15, 0.2) is 54.6 Å². The van der Waals surface area contributed by atoms with E-state index in [9.17, 15) is 8.42 Å². The lowest BCUT2D eigenvalue weighted by atomic mass is 10.2. The molecule has 0 unspecified atom stereocenters. The second-order valence-electron chi connectivity index (χ2n) is 7.17. The number of hydrogen-bond acceptors (Lipinski definition) is 4. The highest BCUT2D eigenvalue weighted by atomic mass is 32.2. The molecule has 1 saturated heterocycles. The predicted molar refractivity (Wildman–Crippen MR) is 113 cm³/mol. The van der Waals surface area contributed by atoms with E-state index in [1.54, 1.807) is 4.31 Å². The van der Waals surface area contributed by atoms with Gasteiger partial charge in [0.25, 0.3) is 0 Å². The van der Waals surface area contributed by atoms with Crippen molar-refractivity contribution in [3.63, 3.8) is 0 Å². The second-order valence-corrected chi connectivity index (χ2v) is 9.26. The van der Waals surface area contributed by atoms with E-state index in [0.29, 0.717) is 32.6 Å². The van der Waals surface area contributed by atoms with Gasteiger partial charge in [-0.15, -0.1) is 0 Å². The van der Waals surface area contributed by atoms with Crippen molar-refractivity contribution in [1.29, 1.82) is 0 Å². The molecule has 1 fully saturated rings. The molecule has 28 heavy (non-hydrogen) atoms. The van der Waals surface area contributed by atoms with Gasteiger partial charge in [0, 0.05) is 26.2 Å². The first-order valence-electron chi connectivity index (χ1n) is 9.80. The van der Waals surface area contributed by atoms with Crippen LogP contribution in [0.1, 0.15) is 18.9 Å². The topological polar surface area (TPSA) is 58.4 Å². The van der Waals surface area contributed by atoms with Crippen LogP contribution in [0.2, 0.25) is 0 Å². The van der Waals surface area contributed by atoms with Crippen molar-refractivity contribution >= 4 is 27.0 Å². The van der Waals surface area contributed by atoms with E-state index in [0.717, 1.165) is 23.5 Å². The minimum Gasteiger partial charge on any atom is -0.340 e. The molecule has 4 rings (SSSR count). The first-order chi connectivity index (χ1) is 13.6. The summed E-state index contributed by atoms with van der Waals surface area (Å²) < 4.78 is 28.6. The molecule has 0 amide bonds. The van der Waals surface area contributed by atoms with Crippen LogP contribution < -0.4 is 4.90 Å². The molecule has 148 valence electrons. The molecule has 1 aliphatic heterocycles. The molecule has 1 aromatic heterocycles. The van der Waals surface area contributed by atoms with E-state index in [4.69, 9.17) is 4.98 Å². The summed E-state index contributed by atoms with van der Waals surface area (Å²) in [6.45, 7) is 4.97. The molecule has 7 heteroatoms. The van der Waals surface area contributed by atoms with Gasteiger partial charge in [-0.2, -0.15) is 4.31 Å². The third-order valence-corrected chi connectivity index (χ3v) is 7.27. The lowest BCUT2D eigenvalue weighted by Gasteiger charge is -2.34. The molecule has 0 spiro atoms. The summed E-state index contributed by atoms with van der Waals surface area (Å²) in [5, 5.41) is 0. The molecule has 1 aliphatic rings. The molecule has 0 bridgehead atoms. The van der Waals surface area contributed by atoms with Gasteiger partial charge in [-0.05, 0) is 24.1 Å². The van der Waals surface area contributed by atoms with Gasteiger partial charge in [-0.3, -0.25) is 0 Å². The minimum absolute atomic E-state index is 0.222. The molecule has 2 aromatic carbocycles. The summed E-state index contributed by atoms with van der Waals surface area (Å²) in [4.78, 5) is 7.09. The molecule has 3 aromatic rings. The maximum atomic E-state index is 12.4. The Morgan fingerprint density at radius 3 is 2.32 bits per heavy atom. The Morgan fingerprint density at radius 1 is 0.929 bits per heavy atom. The fourth-order valence-electron chi connectivity index (χ4n) is 3.78. The number of benzene rings is 2. The predicted octanol–water partition coefficient (Wildman–Crippen LogP) is 2.95. The van der Waals surface area contributed by atoms with Gasteiger partial charge in [0.05, 0.1) is 23.3 Å². The summed E-state index contributed by atoms with van der Waals surface area (Å²) in [6.07, 6.45) is 0.648. The molecule has 2 heterocycles.